The third-order valence-corrected chi connectivity index (χ3v) is 4.19. The van der Waals surface area contributed by atoms with Gasteiger partial charge in [-0.15, -0.1) is 0 Å². The van der Waals surface area contributed by atoms with E-state index in [-0.39, 0.29) is 11.7 Å². The first-order chi connectivity index (χ1) is 10.5. The standard InChI is InChI=1S/C17H18N2O2S/c1-4-21-16(20)10-22-17-14(9-18)8-13-7-12(11(2)3)5-6-15(13)19-17/h5-8,11H,4,10H2,1-3H3. The largest absolute Gasteiger partial charge is 0.465 e. The number of hydrogen-bond donors (Lipinski definition) is 0. The summed E-state index contributed by atoms with van der Waals surface area (Å²) in [6, 6.07) is 10.1. The summed E-state index contributed by atoms with van der Waals surface area (Å²) >= 11 is 1.24. The molecule has 0 saturated heterocycles. The lowest BCUT2D eigenvalue weighted by Crippen LogP contribution is -2.07. The lowest BCUT2D eigenvalue weighted by Gasteiger charge is -2.09. The number of rotatable bonds is 5. The van der Waals surface area contributed by atoms with Crippen LogP contribution < -0.4 is 0 Å². The van der Waals surface area contributed by atoms with Gasteiger partial charge in [0.2, 0.25) is 0 Å². The Morgan fingerprint density at radius 3 is 2.82 bits per heavy atom. The van der Waals surface area contributed by atoms with Crippen LogP contribution in [0.15, 0.2) is 29.3 Å². The Kier molecular flexibility index (Phi) is 5.40. The molecule has 0 spiro atoms. The fraction of sp³-hybridized carbons (Fsp3) is 0.353. The second kappa shape index (κ2) is 7.28. The number of carbonyl (C=O) groups excluding carboxylic acids is 1. The molecule has 5 heteroatoms. The molecule has 0 aliphatic carbocycles. The molecule has 0 aliphatic heterocycles. The minimum atomic E-state index is -0.298. The van der Waals surface area contributed by atoms with Gasteiger partial charge in [0, 0.05) is 5.39 Å². The number of fused-ring (bicyclic) bond motifs is 1. The topological polar surface area (TPSA) is 63.0 Å². The van der Waals surface area contributed by atoms with Crippen LogP contribution in [0.25, 0.3) is 10.9 Å². The molecule has 0 radical (unpaired) electrons. The van der Waals surface area contributed by atoms with Crippen molar-refractivity contribution in [1.82, 2.24) is 4.98 Å². The molecule has 0 bridgehead atoms. The second-order valence-corrected chi connectivity index (χ2v) is 6.12. The van der Waals surface area contributed by atoms with Crippen molar-refractivity contribution in [3.63, 3.8) is 0 Å². The number of aromatic nitrogens is 1. The number of benzene rings is 1. The third kappa shape index (κ3) is 3.77. The van der Waals surface area contributed by atoms with Gasteiger partial charge in [-0.05, 0) is 36.6 Å². The maximum absolute atomic E-state index is 11.4. The Morgan fingerprint density at radius 1 is 1.41 bits per heavy atom. The quantitative estimate of drug-likeness (QED) is 0.619. The van der Waals surface area contributed by atoms with Gasteiger partial charge in [-0.3, -0.25) is 4.79 Å². The molecule has 1 aromatic carbocycles. The molecule has 2 aromatic rings. The molecule has 0 amide bonds. The van der Waals surface area contributed by atoms with Gasteiger partial charge in [-0.2, -0.15) is 5.26 Å². The van der Waals surface area contributed by atoms with E-state index in [4.69, 9.17) is 4.74 Å². The van der Waals surface area contributed by atoms with Crippen molar-refractivity contribution in [3.8, 4) is 6.07 Å². The van der Waals surface area contributed by atoms with Gasteiger partial charge in [-0.1, -0.05) is 31.7 Å². The summed E-state index contributed by atoms with van der Waals surface area (Å²) in [5.74, 6) is 0.284. The normalized spacial score (nSPS) is 10.7. The van der Waals surface area contributed by atoms with E-state index in [1.165, 1.54) is 17.3 Å². The van der Waals surface area contributed by atoms with Crippen molar-refractivity contribution in [3.05, 3.63) is 35.4 Å². The molecule has 4 nitrogen and oxygen atoms in total. The van der Waals surface area contributed by atoms with Crippen LogP contribution in [0.3, 0.4) is 0 Å². The monoisotopic (exact) mass is 314 g/mol. The molecule has 0 unspecified atom stereocenters. The highest BCUT2D eigenvalue weighted by molar-refractivity contribution is 7.99. The number of nitrogens with zero attached hydrogens (tertiary/aromatic N) is 2. The summed E-state index contributed by atoms with van der Waals surface area (Å²) in [7, 11) is 0. The first-order valence-electron chi connectivity index (χ1n) is 7.18. The van der Waals surface area contributed by atoms with Crippen LogP contribution in [0.5, 0.6) is 0 Å². The van der Waals surface area contributed by atoms with Crippen LogP contribution in [0.4, 0.5) is 0 Å². The molecular weight excluding hydrogens is 296 g/mol. The van der Waals surface area contributed by atoms with Gasteiger partial charge in [0.15, 0.2) is 0 Å². The van der Waals surface area contributed by atoms with Gasteiger partial charge in [0.05, 0.1) is 23.4 Å². The van der Waals surface area contributed by atoms with Crippen molar-refractivity contribution in [1.29, 1.82) is 5.26 Å². The van der Waals surface area contributed by atoms with Crippen LogP contribution in [0.2, 0.25) is 0 Å². The molecule has 22 heavy (non-hydrogen) atoms. The zero-order valence-electron chi connectivity index (χ0n) is 12.9. The lowest BCUT2D eigenvalue weighted by molar-refractivity contribution is -0.139. The van der Waals surface area contributed by atoms with Crippen molar-refractivity contribution in [2.75, 3.05) is 12.4 Å². The fourth-order valence-corrected chi connectivity index (χ4v) is 2.82. The summed E-state index contributed by atoms with van der Waals surface area (Å²) < 4.78 is 4.90. The number of ether oxygens (including phenoxy) is 1. The highest BCUT2D eigenvalue weighted by Crippen LogP contribution is 2.27. The van der Waals surface area contributed by atoms with Crippen LogP contribution in [-0.2, 0) is 9.53 Å². The zero-order valence-corrected chi connectivity index (χ0v) is 13.7. The zero-order chi connectivity index (χ0) is 16.1. The van der Waals surface area contributed by atoms with E-state index in [0.717, 1.165) is 10.9 Å². The SMILES string of the molecule is CCOC(=O)CSc1nc2ccc(C(C)C)cc2cc1C#N. The molecule has 114 valence electrons. The van der Waals surface area contributed by atoms with Crippen LogP contribution >= 0.6 is 11.8 Å². The number of hydrogen-bond acceptors (Lipinski definition) is 5. The molecule has 1 aromatic heterocycles. The van der Waals surface area contributed by atoms with Gasteiger partial charge in [0.25, 0.3) is 0 Å². The van der Waals surface area contributed by atoms with E-state index in [1.807, 2.05) is 18.2 Å². The first-order valence-corrected chi connectivity index (χ1v) is 8.17. The van der Waals surface area contributed by atoms with E-state index < -0.39 is 0 Å². The minimum absolute atomic E-state index is 0.158. The van der Waals surface area contributed by atoms with Gasteiger partial charge < -0.3 is 4.74 Å². The second-order valence-electron chi connectivity index (χ2n) is 5.15. The molecule has 0 atom stereocenters. The molecule has 0 N–H and O–H groups in total. The van der Waals surface area contributed by atoms with E-state index in [1.54, 1.807) is 6.92 Å². The van der Waals surface area contributed by atoms with Gasteiger partial charge >= 0.3 is 5.97 Å². The maximum Gasteiger partial charge on any atom is 0.316 e. The van der Waals surface area contributed by atoms with Crippen LogP contribution in [0, 0.1) is 11.3 Å². The molecule has 0 aliphatic rings. The van der Waals surface area contributed by atoms with Gasteiger partial charge in [-0.25, -0.2) is 4.98 Å². The number of nitriles is 1. The number of thioether (sulfide) groups is 1. The van der Waals surface area contributed by atoms with Crippen LogP contribution in [0.1, 0.15) is 37.8 Å². The predicted molar refractivity (Wildman–Crippen MR) is 87.9 cm³/mol. The Hall–Kier alpha value is -2.06. The number of pyridine rings is 1. The Morgan fingerprint density at radius 2 is 2.18 bits per heavy atom. The fourth-order valence-electron chi connectivity index (χ4n) is 2.06. The molecule has 0 saturated carbocycles. The van der Waals surface area contributed by atoms with Gasteiger partial charge in [0.1, 0.15) is 11.1 Å². The summed E-state index contributed by atoms with van der Waals surface area (Å²) in [6.07, 6.45) is 0. The summed E-state index contributed by atoms with van der Waals surface area (Å²) in [6.45, 7) is 6.38. The molecular formula is C17H18N2O2S. The first kappa shape index (κ1) is 16.3. The molecule has 1 heterocycles. The Bertz CT molecular complexity index is 735. The van der Waals surface area contributed by atoms with Crippen LogP contribution in [-0.4, -0.2) is 23.3 Å². The predicted octanol–water partition coefficient (Wildman–Crippen LogP) is 3.89. The highest BCUT2D eigenvalue weighted by atomic mass is 32.2. The molecule has 0 fully saturated rings. The van der Waals surface area contributed by atoms with E-state index in [9.17, 15) is 10.1 Å². The van der Waals surface area contributed by atoms with Crippen molar-refractivity contribution < 1.29 is 9.53 Å². The van der Waals surface area contributed by atoms with E-state index in [0.29, 0.717) is 23.1 Å². The summed E-state index contributed by atoms with van der Waals surface area (Å²) in [4.78, 5) is 16.0. The number of esters is 1. The summed E-state index contributed by atoms with van der Waals surface area (Å²) in [5, 5.41) is 10.8. The third-order valence-electron chi connectivity index (χ3n) is 3.22. The minimum Gasteiger partial charge on any atom is -0.465 e. The van der Waals surface area contributed by atoms with E-state index in [2.05, 4.69) is 31.0 Å². The maximum atomic E-state index is 11.4. The van der Waals surface area contributed by atoms with Crippen molar-refractivity contribution in [2.24, 2.45) is 0 Å². The summed E-state index contributed by atoms with van der Waals surface area (Å²) in [5.41, 5.74) is 2.53. The number of carbonyl (C=O) groups is 1. The average Bonchev–Trinajstić information content (AvgIpc) is 2.51. The lowest BCUT2D eigenvalue weighted by atomic mass is 10.0. The van der Waals surface area contributed by atoms with E-state index >= 15 is 0 Å². The van der Waals surface area contributed by atoms with Crippen molar-refractivity contribution >= 4 is 28.6 Å². The highest BCUT2D eigenvalue weighted by Gasteiger charge is 2.11. The average molecular weight is 314 g/mol. The Balaban J connectivity index is 2.33. The Labute approximate surface area is 134 Å². The smallest absolute Gasteiger partial charge is 0.316 e. The van der Waals surface area contributed by atoms with Crippen molar-refractivity contribution in [2.45, 2.75) is 31.7 Å². The molecule has 2 rings (SSSR count).